The van der Waals surface area contributed by atoms with Crippen LogP contribution in [0.5, 0.6) is 0 Å². The van der Waals surface area contributed by atoms with Gasteiger partial charge in [0.1, 0.15) is 9.71 Å². The van der Waals surface area contributed by atoms with Gasteiger partial charge in [-0.25, -0.2) is 4.98 Å². The van der Waals surface area contributed by atoms with Gasteiger partial charge in [0, 0.05) is 38.1 Å². The zero-order chi connectivity index (χ0) is 19.7. The Kier molecular flexibility index (Phi) is 4.75. The molecule has 1 aromatic carbocycles. The number of nitrogen functional groups attached to an aromatic ring is 1. The van der Waals surface area contributed by atoms with E-state index in [4.69, 9.17) is 16.7 Å². The van der Waals surface area contributed by atoms with Crippen molar-refractivity contribution in [2.75, 3.05) is 41.7 Å². The predicted octanol–water partition coefficient (Wildman–Crippen LogP) is 2.57. The molecular formula is C20H20N6OS. The molecule has 28 heavy (non-hydrogen) atoms. The lowest BCUT2D eigenvalue weighted by Gasteiger charge is -2.25. The lowest BCUT2D eigenvalue weighted by Crippen LogP contribution is -2.30. The molecule has 1 aliphatic rings. The summed E-state index contributed by atoms with van der Waals surface area (Å²) in [4.78, 5) is 21.8. The van der Waals surface area contributed by atoms with Crippen molar-refractivity contribution in [1.29, 1.82) is 5.26 Å². The third kappa shape index (κ3) is 3.21. The summed E-state index contributed by atoms with van der Waals surface area (Å²) in [6.07, 6.45) is 2.73. The van der Waals surface area contributed by atoms with Gasteiger partial charge >= 0.3 is 0 Å². The van der Waals surface area contributed by atoms with Gasteiger partial charge in [-0.2, -0.15) is 5.26 Å². The van der Waals surface area contributed by atoms with Gasteiger partial charge in [0.2, 0.25) is 0 Å². The topological polar surface area (TPSA) is 112 Å². The van der Waals surface area contributed by atoms with Crippen LogP contribution in [0.3, 0.4) is 0 Å². The quantitative estimate of drug-likeness (QED) is 0.708. The molecule has 4 rings (SSSR count). The number of nitrogens with two attached hydrogens (primary N) is 2. The summed E-state index contributed by atoms with van der Waals surface area (Å²) in [5.41, 5.74) is 14.9. The first kappa shape index (κ1) is 18.1. The number of carbonyl (C=O) groups is 1. The van der Waals surface area contributed by atoms with Gasteiger partial charge in [-0.3, -0.25) is 4.79 Å². The number of nitriles is 1. The van der Waals surface area contributed by atoms with Crippen LogP contribution in [0.1, 0.15) is 21.7 Å². The molecule has 7 nitrogen and oxygen atoms in total. The SMILES string of the molecule is N#Cc1ccc(N2CCCN(c3ccnc4sc(C(N)=O)c(N)c34)CC2)cc1. The minimum Gasteiger partial charge on any atom is -0.397 e. The third-order valence-corrected chi connectivity index (χ3v) is 6.16. The van der Waals surface area contributed by atoms with E-state index in [1.807, 2.05) is 30.3 Å². The maximum atomic E-state index is 11.7. The standard InChI is InChI=1S/C20H20N6OS/c21-12-13-2-4-14(5-3-13)25-8-1-9-26(11-10-25)15-6-7-24-20-16(15)17(22)18(28-20)19(23)27/h2-7H,1,8-11,22H2,(H2,23,27). The van der Waals surface area contributed by atoms with E-state index in [2.05, 4.69) is 20.9 Å². The summed E-state index contributed by atoms with van der Waals surface area (Å²) < 4.78 is 0. The number of amides is 1. The molecule has 3 aromatic rings. The van der Waals surface area contributed by atoms with Crippen LogP contribution >= 0.6 is 11.3 Å². The first-order valence-corrected chi connectivity index (χ1v) is 9.87. The van der Waals surface area contributed by atoms with Gasteiger partial charge in [-0.05, 0) is 36.8 Å². The maximum absolute atomic E-state index is 11.7. The average molecular weight is 392 g/mol. The Morgan fingerprint density at radius 2 is 1.82 bits per heavy atom. The van der Waals surface area contributed by atoms with E-state index in [0.29, 0.717) is 16.1 Å². The zero-order valence-corrected chi connectivity index (χ0v) is 16.1. The summed E-state index contributed by atoms with van der Waals surface area (Å²) in [7, 11) is 0. The van der Waals surface area contributed by atoms with Crippen LogP contribution in [0, 0.1) is 11.3 Å². The Labute approximate surface area is 166 Å². The second-order valence-corrected chi connectivity index (χ2v) is 7.70. The number of rotatable bonds is 3. The minimum atomic E-state index is -0.519. The molecule has 1 aliphatic heterocycles. The van der Waals surface area contributed by atoms with Crippen LogP contribution in [0.25, 0.3) is 10.2 Å². The summed E-state index contributed by atoms with van der Waals surface area (Å²) in [6, 6.07) is 11.8. The van der Waals surface area contributed by atoms with Crippen LogP contribution in [0.15, 0.2) is 36.5 Å². The van der Waals surface area contributed by atoms with Crippen molar-refractivity contribution >= 4 is 44.5 Å². The van der Waals surface area contributed by atoms with Crippen molar-refractivity contribution in [3.63, 3.8) is 0 Å². The van der Waals surface area contributed by atoms with Crippen LogP contribution in [0.4, 0.5) is 17.1 Å². The summed E-state index contributed by atoms with van der Waals surface area (Å²) >= 11 is 1.24. The van der Waals surface area contributed by atoms with Gasteiger partial charge in [0.05, 0.1) is 28.4 Å². The fourth-order valence-corrected chi connectivity index (χ4v) is 4.57. The molecule has 1 amide bonds. The summed E-state index contributed by atoms with van der Waals surface area (Å²) in [5, 5.41) is 9.79. The number of anilines is 3. The van der Waals surface area contributed by atoms with E-state index in [1.165, 1.54) is 11.3 Å². The normalized spacial score (nSPS) is 14.7. The summed E-state index contributed by atoms with van der Waals surface area (Å²) in [5.74, 6) is -0.519. The van der Waals surface area contributed by atoms with Crippen LogP contribution in [-0.2, 0) is 0 Å². The first-order valence-electron chi connectivity index (χ1n) is 9.05. The van der Waals surface area contributed by atoms with E-state index < -0.39 is 5.91 Å². The highest BCUT2D eigenvalue weighted by molar-refractivity contribution is 7.21. The predicted molar refractivity (Wildman–Crippen MR) is 113 cm³/mol. The lowest BCUT2D eigenvalue weighted by molar-refractivity contribution is 0.100. The highest BCUT2D eigenvalue weighted by Gasteiger charge is 2.22. The van der Waals surface area contributed by atoms with Crippen molar-refractivity contribution in [1.82, 2.24) is 4.98 Å². The molecule has 0 spiro atoms. The number of thiophene rings is 1. The number of pyridine rings is 1. The molecule has 1 fully saturated rings. The third-order valence-electron chi connectivity index (χ3n) is 5.03. The van der Waals surface area contributed by atoms with E-state index in [9.17, 15) is 4.79 Å². The molecule has 2 aromatic heterocycles. The smallest absolute Gasteiger partial charge is 0.260 e. The van der Waals surface area contributed by atoms with Gasteiger partial charge in [0.15, 0.2) is 0 Å². The van der Waals surface area contributed by atoms with Gasteiger partial charge in [-0.1, -0.05) is 0 Å². The van der Waals surface area contributed by atoms with Crippen molar-refractivity contribution in [3.8, 4) is 6.07 Å². The van der Waals surface area contributed by atoms with E-state index in [0.717, 1.165) is 54.2 Å². The van der Waals surface area contributed by atoms with Gasteiger partial charge in [0.25, 0.3) is 5.91 Å². The lowest BCUT2D eigenvalue weighted by atomic mass is 10.2. The largest absolute Gasteiger partial charge is 0.397 e. The Hall–Kier alpha value is -3.31. The molecule has 0 atom stereocenters. The molecule has 8 heteroatoms. The maximum Gasteiger partial charge on any atom is 0.260 e. The number of carbonyl (C=O) groups excluding carboxylic acids is 1. The molecule has 0 bridgehead atoms. The second kappa shape index (κ2) is 7.37. The molecule has 0 radical (unpaired) electrons. The van der Waals surface area contributed by atoms with E-state index >= 15 is 0 Å². The summed E-state index contributed by atoms with van der Waals surface area (Å²) in [6.45, 7) is 3.48. The van der Waals surface area contributed by atoms with Crippen LogP contribution in [0.2, 0.25) is 0 Å². The van der Waals surface area contributed by atoms with Crippen molar-refractivity contribution in [2.45, 2.75) is 6.42 Å². The van der Waals surface area contributed by atoms with Crippen molar-refractivity contribution < 1.29 is 4.79 Å². The Morgan fingerprint density at radius 3 is 2.54 bits per heavy atom. The van der Waals surface area contributed by atoms with E-state index in [1.54, 1.807) is 6.20 Å². The highest BCUT2D eigenvalue weighted by atomic mass is 32.1. The highest BCUT2D eigenvalue weighted by Crippen LogP contribution is 2.38. The number of hydrogen-bond donors (Lipinski definition) is 2. The number of benzene rings is 1. The van der Waals surface area contributed by atoms with Crippen LogP contribution in [-0.4, -0.2) is 37.1 Å². The molecule has 0 unspecified atom stereocenters. The van der Waals surface area contributed by atoms with Gasteiger partial charge in [-0.15, -0.1) is 11.3 Å². The Bertz CT molecular complexity index is 1070. The van der Waals surface area contributed by atoms with Crippen LogP contribution < -0.4 is 21.3 Å². The molecule has 0 saturated carbocycles. The number of hydrogen-bond acceptors (Lipinski definition) is 7. The monoisotopic (exact) mass is 392 g/mol. The average Bonchev–Trinajstić information content (AvgIpc) is 2.90. The number of fused-ring (bicyclic) bond motifs is 1. The molecule has 1 saturated heterocycles. The number of nitrogens with zero attached hydrogens (tertiary/aromatic N) is 4. The number of primary amides is 1. The molecule has 0 aliphatic carbocycles. The fraction of sp³-hybridized carbons (Fsp3) is 0.250. The Balaban J connectivity index is 1.61. The molecule has 4 N–H and O–H groups in total. The fourth-order valence-electron chi connectivity index (χ4n) is 3.64. The van der Waals surface area contributed by atoms with Crippen molar-refractivity contribution in [2.24, 2.45) is 5.73 Å². The molecule has 3 heterocycles. The first-order chi connectivity index (χ1) is 13.6. The zero-order valence-electron chi connectivity index (χ0n) is 15.3. The minimum absolute atomic E-state index is 0.365. The van der Waals surface area contributed by atoms with Crippen molar-refractivity contribution in [3.05, 3.63) is 47.0 Å². The number of aromatic nitrogens is 1. The van der Waals surface area contributed by atoms with Gasteiger partial charge < -0.3 is 21.3 Å². The van der Waals surface area contributed by atoms with E-state index in [-0.39, 0.29) is 0 Å². The second-order valence-electron chi connectivity index (χ2n) is 6.71. The Morgan fingerprint density at radius 1 is 1.11 bits per heavy atom. The molecule has 142 valence electrons. The molecular weight excluding hydrogens is 372 g/mol.